The summed E-state index contributed by atoms with van der Waals surface area (Å²) < 4.78 is 5.85. The lowest BCUT2D eigenvalue weighted by molar-refractivity contribution is 0.0582. The monoisotopic (exact) mass is 266 g/mol. The summed E-state index contributed by atoms with van der Waals surface area (Å²) in [6.07, 6.45) is 1.87. The van der Waals surface area contributed by atoms with Gasteiger partial charge in [0, 0.05) is 5.41 Å². The van der Waals surface area contributed by atoms with E-state index < -0.39 is 17.8 Å². The van der Waals surface area contributed by atoms with Gasteiger partial charge in [-0.15, -0.1) is 0 Å². The van der Waals surface area contributed by atoms with Crippen LogP contribution < -0.4 is 0 Å². The van der Waals surface area contributed by atoms with Crippen molar-refractivity contribution in [1.82, 2.24) is 0 Å². The minimum Gasteiger partial charge on any atom is -0.392 e. The maximum Gasteiger partial charge on any atom is 0.148 e. The fourth-order valence-electron chi connectivity index (χ4n) is 4.06. The van der Waals surface area contributed by atoms with Crippen molar-refractivity contribution in [3.8, 4) is 0 Å². The van der Waals surface area contributed by atoms with Crippen molar-refractivity contribution in [1.29, 1.82) is 0 Å². The first-order valence-electron chi connectivity index (χ1n) is 6.94. The lowest BCUT2D eigenvalue weighted by Gasteiger charge is -2.47. The van der Waals surface area contributed by atoms with Gasteiger partial charge in [0.1, 0.15) is 17.8 Å². The van der Waals surface area contributed by atoms with E-state index in [-0.39, 0.29) is 18.1 Å². The molecule has 1 saturated heterocycles. The summed E-state index contributed by atoms with van der Waals surface area (Å²) in [5, 5.41) is 29.9. The minimum atomic E-state index is -0.849. The van der Waals surface area contributed by atoms with Crippen molar-refractivity contribution in [2.45, 2.75) is 50.6 Å². The molecule has 0 aromatic carbocycles. The molecule has 0 spiro atoms. The average molecular weight is 266 g/mol. The molecule has 1 aliphatic heterocycles. The SMILES string of the molecule is C=C(CO)[C@@]12O[C@@H]1[C@@]1(C)C(=C[C@@H]2O)[C@H](O)CC[C@@H]1C. The van der Waals surface area contributed by atoms with E-state index in [1.165, 1.54) is 0 Å². The zero-order valence-electron chi connectivity index (χ0n) is 11.5. The van der Waals surface area contributed by atoms with Crippen molar-refractivity contribution in [2.75, 3.05) is 6.61 Å². The number of aliphatic hydroxyl groups excluding tert-OH is 3. The fourth-order valence-corrected chi connectivity index (χ4v) is 4.06. The molecule has 4 nitrogen and oxygen atoms in total. The highest BCUT2D eigenvalue weighted by Gasteiger charge is 2.73. The lowest BCUT2D eigenvalue weighted by Crippen LogP contribution is -2.51. The maximum absolute atomic E-state index is 10.3. The maximum atomic E-state index is 10.3. The molecule has 106 valence electrons. The fraction of sp³-hybridized carbons (Fsp3) is 0.733. The Morgan fingerprint density at radius 2 is 2.16 bits per heavy atom. The Hall–Kier alpha value is -0.680. The molecule has 1 saturated carbocycles. The first-order valence-corrected chi connectivity index (χ1v) is 6.94. The number of fused-ring (bicyclic) bond motifs is 3. The van der Waals surface area contributed by atoms with Gasteiger partial charge in [0.05, 0.1) is 12.7 Å². The van der Waals surface area contributed by atoms with Gasteiger partial charge in [-0.1, -0.05) is 26.5 Å². The predicted molar refractivity (Wildman–Crippen MR) is 70.4 cm³/mol. The normalized spacial score (nSPS) is 51.9. The Morgan fingerprint density at radius 1 is 1.47 bits per heavy atom. The third-order valence-corrected chi connectivity index (χ3v) is 5.59. The second kappa shape index (κ2) is 3.92. The number of hydrogen-bond acceptors (Lipinski definition) is 4. The molecule has 3 rings (SSSR count). The van der Waals surface area contributed by atoms with E-state index in [9.17, 15) is 15.3 Å². The highest BCUT2D eigenvalue weighted by Crippen LogP contribution is 2.64. The van der Waals surface area contributed by atoms with Crippen molar-refractivity contribution in [3.05, 3.63) is 23.8 Å². The topological polar surface area (TPSA) is 73.2 Å². The van der Waals surface area contributed by atoms with E-state index in [1.54, 1.807) is 6.08 Å². The van der Waals surface area contributed by atoms with Gasteiger partial charge in [0.15, 0.2) is 0 Å². The molecule has 0 aromatic heterocycles. The summed E-state index contributed by atoms with van der Waals surface area (Å²) in [6, 6.07) is 0. The van der Waals surface area contributed by atoms with Gasteiger partial charge in [0.2, 0.25) is 0 Å². The molecule has 4 heteroatoms. The van der Waals surface area contributed by atoms with Gasteiger partial charge in [-0.3, -0.25) is 0 Å². The van der Waals surface area contributed by atoms with Gasteiger partial charge in [-0.05, 0) is 29.9 Å². The second-order valence-electron chi connectivity index (χ2n) is 6.40. The highest BCUT2D eigenvalue weighted by molar-refractivity contribution is 5.44. The molecule has 0 aromatic rings. The first kappa shape index (κ1) is 13.3. The summed E-state index contributed by atoms with van der Waals surface area (Å²) in [7, 11) is 0. The largest absolute Gasteiger partial charge is 0.392 e. The third-order valence-electron chi connectivity index (χ3n) is 5.59. The van der Waals surface area contributed by atoms with Crippen molar-refractivity contribution in [3.63, 3.8) is 0 Å². The molecular formula is C15H22O4. The highest BCUT2D eigenvalue weighted by atomic mass is 16.6. The number of ether oxygens (including phenoxy) is 1. The van der Waals surface area contributed by atoms with Gasteiger partial charge in [-0.25, -0.2) is 0 Å². The zero-order chi connectivity index (χ0) is 14.0. The van der Waals surface area contributed by atoms with E-state index >= 15 is 0 Å². The van der Waals surface area contributed by atoms with Crippen LogP contribution in [0.5, 0.6) is 0 Å². The zero-order valence-corrected chi connectivity index (χ0v) is 11.5. The molecule has 3 aliphatic rings. The molecule has 1 heterocycles. The molecule has 0 unspecified atom stereocenters. The second-order valence-corrected chi connectivity index (χ2v) is 6.40. The van der Waals surface area contributed by atoms with E-state index in [2.05, 4.69) is 20.4 Å². The number of aliphatic hydroxyl groups is 3. The minimum absolute atomic E-state index is 0.191. The third kappa shape index (κ3) is 1.43. The summed E-state index contributed by atoms with van der Waals surface area (Å²) in [5.74, 6) is 0.369. The molecular weight excluding hydrogens is 244 g/mol. The van der Waals surface area contributed by atoms with Crippen LogP contribution in [0.3, 0.4) is 0 Å². The molecule has 6 atom stereocenters. The number of epoxide rings is 1. The van der Waals surface area contributed by atoms with Crippen LogP contribution in [-0.2, 0) is 4.74 Å². The quantitative estimate of drug-likeness (QED) is 0.510. The average Bonchev–Trinajstić information content (AvgIpc) is 3.15. The van der Waals surface area contributed by atoms with Crippen LogP contribution >= 0.6 is 0 Å². The molecule has 19 heavy (non-hydrogen) atoms. The Bertz CT molecular complexity index is 457. The summed E-state index contributed by atoms with van der Waals surface area (Å²) in [5.41, 5.74) is 0.282. The van der Waals surface area contributed by atoms with Gasteiger partial charge < -0.3 is 20.1 Å². The molecule has 0 amide bonds. The first-order chi connectivity index (χ1) is 8.88. The van der Waals surface area contributed by atoms with Crippen LogP contribution in [0.2, 0.25) is 0 Å². The Kier molecular flexibility index (Phi) is 2.74. The van der Waals surface area contributed by atoms with Crippen LogP contribution in [0.25, 0.3) is 0 Å². The van der Waals surface area contributed by atoms with E-state index in [4.69, 9.17) is 4.74 Å². The van der Waals surface area contributed by atoms with Crippen LogP contribution in [0, 0.1) is 11.3 Å². The Balaban J connectivity index is 2.07. The Labute approximate surface area is 113 Å². The summed E-state index contributed by atoms with van der Waals surface area (Å²) >= 11 is 0. The smallest absolute Gasteiger partial charge is 0.148 e. The van der Waals surface area contributed by atoms with Gasteiger partial charge in [-0.2, -0.15) is 0 Å². The molecule has 0 radical (unpaired) electrons. The van der Waals surface area contributed by atoms with Crippen molar-refractivity contribution >= 4 is 0 Å². The molecule has 2 aliphatic carbocycles. The van der Waals surface area contributed by atoms with Crippen molar-refractivity contribution in [2.24, 2.45) is 11.3 Å². The molecule has 2 fully saturated rings. The molecule has 0 bridgehead atoms. The van der Waals surface area contributed by atoms with Crippen LogP contribution in [0.15, 0.2) is 23.8 Å². The van der Waals surface area contributed by atoms with Gasteiger partial charge >= 0.3 is 0 Å². The molecule has 3 N–H and O–H groups in total. The predicted octanol–water partition coefficient (Wildman–Crippen LogP) is 0.770. The summed E-state index contributed by atoms with van der Waals surface area (Å²) in [6.45, 7) is 7.91. The standard InChI is InChI=1S/C15H22O4/c1-8-4-5-11(17)10-6-12(18)15(9(2)7-16)13(19-15)14(8,10)3/h6,8,11-13,16-18H,2,4-5,7H2,1,3H3/t8-,11+,12-,13+,14+,15-/m0/s1. The van der Waals surface area contributed by atoms with Crippen molar-refractivity contribution < 1.29 is 20.1 Å². The van der Waals surface area contributed by atoms with Crippen LogP contribution in [0.4, 0.5) is 0 Å². The number of rotatable bonds is 2. The van der Waals surface area contributed by atoms with E-state index in [0.717, 1.165) is 18.4 Å². The van der Waals surface area contributed by atoms with E-state index in [1.807, 2.05) is 0 Å². The lowest BCUT2D eigenvalue weighted by atomic mass is 9.56. The van der Waals surface area contributed by atoms with Gasteiger partial charge in [0.25, 0.3) is 0 Å². The van der Waals surface area contributed by atoms with Crippen LogP contribution in [-0.4, -0.2) is 45.8 Å². The van der Waals surface area contributed by atoms with E-state index in [0.29, 0.717) is 11.5 Å². The number of hydrogen-bond donors (Lipinski definition) is 3. The summed E-state index contributed by atoms with van der Waals surface area (Å²) in [4.78, 5) is 0. The Morgan fingerprint density at radius 3 is 2.79 bits per heavy atom. The van der Waals surface area contributed by atoms with Crippen LogP contribution in [0.1, 0.15) is 26.7 Å².